The molecule has 3 aromatic rings. The Hall–Kier alpha value is -2.35. The standard InChI is InChI=1S/C20H23N5O2.ClH/c1-13-10-25(11-14(2)26-13)12-19-23-20(24-27-19)17-6-4-5-16(9-17)18-7-8-21-15(3)22-18;/h4-9,13-14H,10-12H2,1-3H3;1H. The van der Waals surface area contributed by atoms with Gasteiger partial charge in [0.25, 0.3) is 0 Å². The van der Waals surface area contributed by atoms with Crippen LogP contribution in [0.15, 0.2) is 41.1 Å². The molecule has 3 heterocycles. The topological polar surface area (TPSA) is 77.2 Å². The van der Waals surface area contributed by atoms with E-state index in [-0.39, 0.29) is 24.6 Å². The number of hydrogen-bond donors (Lipinski definition) is 0. The Balaban J connectivity index is 0.00000225. The molecule has 1 aliphatic rings. The molecule has 1 aliphatic heterocycles. The monoisotopic (exact) mass is 401 g/mol. The number of benzene rings is 1. The highest BCUT2D eigenvalue weighted by Crippen LogP contribution is 2.24. The van der Waals surface area contributed by atoms with E-state index in [1.54, 1.807) is 6.20 Å². The van der Waals surface area contributed by atoms with Gasteiger partial charge in [-0.3, -0.25) is 4.90 Å². The van der Waals surface area contributed by atoms with Crippen molar-refractivity contribution in [2.75, 3.05) is 13.1 Å². The van der Waals surface area contributed by atoms with Gasteiger partial charge in [-0.1, -0.05) is 23.4 Å². The Labute approximate surface area is 170 Å². The first-order valence-corrected chi connectivity index (χ1v) is 9.17. The van der Waals surface area contributed by atoms with E-state index in [1.165, 1.54) is 0 Å². The zero-order chi connectivity index (χ0) is 18.8. The lowest BCUT2D eigenvalue weighted by Crippen LogP contribution is -2.44. The molecule has 1 fully saturated rings. The molecule has 7 nitrogen and oxygen atoms in total. The lowest BCUT2D eigenvalue weighted by Gasteiger charge is -2.34. The van der Waals surface area contributed by atoms with Crippen LogP contribution in [-0.2, 0) is 11.3 Å². The maximum Gasteiger partial charge on any atom is 0.241 e. The molecule has 1 aromatic carbocycles. The molecule has 0 amide bonds. The third-order valence-electron chi connectivity index (χ3n) is 4.51. The average molecular weight is 402 g/mol. The molecule has 0 spiro atoms. The van der Waals surface area contributed by atoms with Crippen molar-refractivity contribution < 1.29 is 9.26 Å². The summed E-state index contributed by atoms with van der Waals surface area (Å²) in [5.41, 5.74) is 2.78. The van der Waals surface area contributed by atoms with E-state index in [1.807, 2.05) is 37.3 Å². The third-order valence-corrected chi connectivity index (χ3v) is 4.51. The zero-order valence-electron chi connectivity index (χ0n) is 16.2. The van der Waals surface area contributed by atoms with Gasteiger partial charge in [-0.2, -0.15) is 4.98 Å². The summed E-state index contributed by atoms with van der Waals surface area (Å²) < 4.78 is 11.3. The Morgan fingerprint density at radius 3 is 2.57 bits per heavy atom. The van der Waals surface area contributed by atoms with Gasteiger partial charge in [0, 0.05) is 30.4 Å². The molecule has 1 saturated heterocycles. The fourth-order valence-electron chi connectivity index (χ4n) is 3.48. The smallest absolute Gasteiger partial charge is 0.241 e. The lowest BCUT2D eigenvalue weighted by molar-refractivity contribution is -0.0725. The molecule has 0 aliphatic carbocycles. The van der Waals surface area contributed by atoms with Gasteiger partial charge in [-0.25, -0.2) is 9.97 Å². The second-order valence-electron chi connectivity index (χ2n) is 7.03. The highest BCUT2D eigenvalue weighted by molar-refractivity contribution is 5.85. The lowest BCUT2D eigenvalue weighted by atomic mass is 10.1. The van der Waals surface area contributed by atoms with Gasteiger partial charge in [0.2, 0.25) is 11.7 Å². The molecule has 0 saturated carbocycles. The number of aryl methyl sites for hydroxylation is 1. The van der Waals surface area contributed by atoms with Gasteiger partial charge in [-0.05, 0) is 32.9 Å². The van der Waals surface area contributed by atoms with Gasteiger partial charge in [0.05, 0.1) is 24.4 Å². The van der Waals surface area contributed by atoms with Crippen LogP contribution in [0.5, 0.6) is 0 Å². The number of rotatable bonds is 4. The summed E-state index contributed by atoms with van der Waals surface area (Å²) >= 11 is 0. The van der Waals surface area contributed by atoms with Crippen LogP contribution in [-0.4, -0.2) is 50.3 Å². The zero-order valence-corrected chi connectivity index (χ0v) is 17.0. The molecule has 4 rings (SSSR count). The van der Waals surface area contributed by atoms with Crippen molar-refractivity contribution >= 4 is 12.4 Å². The molecule has 2 aromatic heterocycles. The van der Waals surface area contributed by atoms with Crippen LogP contribution < -0.4 is 0 Å². The first-order chi connectivity index (χ1) is 13.1. The fraction of sp³-hybridized carbons (Fsp3) is 0.400. The molecule has 2 unspecified atom stereocenters. The van der Waals surface area contributed by atoms with Crippen molar-refractivity contribution in [1.82, 2.24) is 25.0 Å². The fourth-order valence-corrected chi connectivity index (χ4v) is 3.48. The molecule has 2 atom stereocenters. The number of hydrogen-bond acceptors (Lipinski definition) is 7. The minimum atomic E-state index is 0. The quantitative estimate of drug-likeness (QED) is 0.661. The molecule has 0 radical (unpaired) electrons. The minimum Gasteiger partial charge on any atom is -0.373 e. The van der Waals surface area contributed by atoms with Gasteiger partial charge in [0.15, 0.2) is 0 Å². The van der Waals surface area contributed by atoms with Crippen LogP contribution >= 0.6 is 12.4 Å². The van der Waals surface area contributed by atoms with E-state index in [2.05, 4.69) is 38.9 Å². The Kier molecular flexibility index (Phi) is 6.39. The predicted molar refractivity (Wildman–Crippen MR) is 108 cm³/mol. The van der Waals surface area contributed by atoms with E-state index >= 15 is 0 Å². The maximum atomic E-state index is 5.77. The normalized spacial score (nSPS) is 20.0. The number of ether oxygens (including phenoxy) is 1. The minimum absolute atomic E-state index is 0. The van der Waals surface area contributed by atoms with E-state index in [9.17, 15) is 0 Å². The molecule has 148 valence electrons. The van der Waals surface area contributed by atoms with Gasteiger partial charge in [-0.15, -0.1) is 12.4 Å². The highest BCUT2D eigenvalue weighted by atomic mass is 35.5. The van der Waals surface area contributed by atoms with Crippen molar-refractivity contribution in [1.29, 1.82) is 0 Å². The second-order valence-corrected chi connectivity index (χ2v) is 7.03. The molecular formula is C20H24ClN5O2. The number of halogens is 1. The van der Waals surface area contributed by atoms with Crippen molar-refractivity contribution in [3.05, 3.63) is 48.2 Å². The van der Waals surface area contributed by atoms with E-state index in [0.29, 0.717) is 18.3 Å². The summed E-state index contributed by atoms with van der Waals surface area (Å²) in [6.07, 6.45) is 2.19. The molecule has 0 N–H and O–H groups in total. The number of nitrogens with zero attached hydrogens (tertiary/aromatic N) is 5. The Morgan fingerprint density at radius 2 is 1.82 bits per heavy atom. The van der Waals surface area contributed by atoms with Crippen molar-refractivity contribution in [3.8, 4) is 22.6 Å². The van der Waals surface area contributed by atoms with E-state index in [0.717, 1.165) is 35.7 Å². The summed E-state index contributed by atoms with van der Waals surface area (Å²) in [7, 11) is 0. The summed E-state index contributed by atoms with van der Waals surface area (Å²) in [6, 6.07) is 9.89. The van der Waals surface area contributed by atoms with Crippen LogP contribution in [0.2, 0.25) is 0 Å². The van der Waals surface area contributed by atoms with Gasteiger partial charge in [0.1, 0.15) is 5.82 Å². The van der Waals surface area contributed by atoms with Crippen molar-refractivity contribution in [3.63, 3.8) is 0 Å². The van der Waals surface area contributed by atoms with Crippen LogP contribution in [0.1, 0.15) is 25.6 Å². The van der Waals surface area contributed by atoms with Crippen LogP contribution in [0.25, 0.3) is 22.6 Å². The SMILES string of the molecule is Cc1nccc(-c2cccc(-c3noc(CN4CC(C)OC(C)C4)n3)c2)n1.Cl. The van der Waals surface area contributed by atoms with Crippen LogP contribution in [0.3, 0.4) is 0 Å². The van der Waals surface area contributed by atoms with Crippen LogP contribution in [0.4, 0.5) is 0 Å². The van der Waals surface area contributed by atoms with Crippen molar-refractivity contribution in [2.45, 2.75) is 39.5 Å². The second kappa shape index (κ2) is 8.77. The number of morpholine rings is 1. The predicted octanol–water partition coefficient (Wildman–Crippen LogP) is 3.53. The maximum absolute atomic E-state index is 5.77. The molecule has 8 heteroatoms. The van der Waals surface area contributed by atoms with E-state index < -0.39 is 0 Å². The highest BCUT2D eigenvalue weighted by Gasteiger charge is 2.24. The summed E-state index contributed by atoms with van der Waals surface area (Å²) in [5.74, 6) is 1.95. The first-order valence-electron chi connectivity index (χ1n) is 9.17. The molecule has 28 heavy (non-hydrogen) atoms. The Bertz CT molecular complexity index is 922. The molecular weight excluding hydrogens is 378 g/mol. The summed E-state index contributed by atoms with van der Waals surface area (Å²) in [5, 5.41) is 4.17. The van der Waals surface area contributed by atoms with Gasteiger partial charge < -0.3 is 9.26 Å². The average Bonchev–Trinajstić information content (AvgIpc) is 3.09. The van der Waals surface area contributed by atoms with E-state index in [4.69, 9.17) is 9.26 Å². The van der Waals surface area contributed by atoms with Crippen molar-refractivity contribution in [2.24, 2.45) is 0 Å². The largest absolute Gasteiger partial charge is 0.373 e. The summed E-state index contributed by atoms with van der Waals surface area (Å²) in [4.78, 5) is 15.5. The third kappa shape index (κ3) is 4.73. The number of aromatic nitrogens is 4. The van der Waals surface area contributed by atoms with Crippen LogP contribution in [0, 0.1) is 6.92 Å². The van der Waals surface area contributed by atoms with Gasteiger partial charge >= 0.3 is 0 Å². The Morgan fingerprint density at radius 1 is 1.07 bits per heavy atom. The summed E-state index contributed by atoms with van der Waals surface area (Å²) in [6.45, 7) is 8.42. The molecule has 0 bridgehead atoms. The first kappa shape index (κ1) is 20.4.